The van der Waals surface area contributed by atoms with Gasteiger partial charge in [-0.05, 0) is 47.2 Å². The Labute approximate surface area is 116 Å². The quantitative estimate of drug-likeness (QED) is 0.774. The molecule has 0 heterocycles. The molecule has 1 rings (SSSR count). The van der Waals surface area contributed by atoms with Crippen LogP contribution in [0.2, 0.25) is 0 Å². The maximum absolute atomic E-state index is 13.3. The highest BCUT2D eigenvalue weighted by Gasteiger charge is 2.35. The Morgan fingerprint density at radius 1 is 1.00 bits per heavy atom. The number of para-hydroxylation sites is 1. The number of rotatable bonds is 5. The molecule has 5 heteroatoms. The molecule has 0 atom stereocenters. The van der Waals surface area contributed by atoms with Crippen LogP contribution in [0.3, 0.4) is 0 Å². The average Bonchev–Trinajstić information content (AvgIpc) is 2.39. The average molecular weight is 281 g/mol. The van der Waals surface area contributed by atoms with Gasteiger partial charge in [0.1, 0.15) is 5.44 Å². The summed E-state index contributed by atoms with van der Waals surface area (Å²) in [7, 11) is 6.61. The maximum atomic E-state index is 13.3. The number of allylic oxidation sites excluding steroid dienone is 1. The molecule has 1 aromatic rings. The minimum absolute atomic E-state index is 0.814. The molecule has 0 amide bonds. The molecule has 1 aromatic carbocycles. The van der Waals surface area contributed by atoms with Crippen molar-refractivity contribution in [2.75, 3.05) is 40.1 Å². The molecule has 19 heavy (non-hydrogen) atoms. The van der Waals surface area contributed by atoms with Gasteiger partial charge in [-0.2, -0.15) is 0 Å². The lowest BCUT2D eigenvalue weighted by Crippen LogP contribution is -2.29. The molecule has 0 aliphatic rings. The van der Waals surface area contributed by atoms with Crippen molar-refractivity contribution in [1.29, 1.82) is 0 Å². The minimum Gasteiger partial charge on any atom is -0.340 e. The van der Waals surface area contributed by atoms with Crippen LogP contribution in [-0.2, 0) is 4.57 Å². The summed E-state index contributed by atoms with van der Waals surface area (Å²) in [6.45, 7) is 1.93. The van der Waals surface area contributed by atoms with Gasteiger partial charge < -0.3 is 4.90 Å². The van der Waals surface area contributed by atoms with E-state index in [1.807, 2.05) is 83.5 Å². The van der Waals surface area contributed by atoms with E-state index in [1.165, 1.54) is 0 Å². The van der Waals surface area contributed by atoms with E-state index in [0.29, 0.717) is 0 Å². The minimum atomic E-state index is -2.74. The van der Waals surface area contributed by atoms with Crippen LogP contribution in [0.4, 0.5) is 5.69 Å². The van der Waals surface area contributed by atoms with Gasteiger partial charge in [0.25, 0.3) is 7.44 Å². The molecule has 0 spiro atoms. The normalized spacial score (nSPS) is 13.2. The van der Waals surface area contributed by atoms with E-state index in [1.54, 1.807) is 9.34 Å². The van der Waals surface area contributed by atoms with Gasteiger partial charge in [-0.25, -0.2) is 9.34 Å². The fraction of sp³-hybridized carbons (Fsp3) is 0.429. The van der Waals surface area contributed by atoms with Crippen molar-refractivity contribution in [1.82, 2.24) is 9.34 Å². The lowest BCUT2D eigenvalue weighted by molar-refractivity contribution is 0.454. The van der Waals surface area contributed by atoms with Crippen LogP contribution in [0.5, 0.6) is 0 Å². The molecule has 0 fully saturated rings. The van der Waals surface area contributed by atoms with Crippen molar-refractivity contribution in [2.24, 2.45) is 0 Å². The zero-order valence-corrected chi connectivity index (χ0v) is 13.6. The van der Waals surface area contributed by atoms with Crippen LogP contribution >= 0.6 is 7.44 Å². The summed E-state index contributed by atoms with van der Waals surface area (Å²) < 4.78 is 16.9. The molecular formula is C14H24N3OP. The van der Waals surface area contributed by atoms with Crippen molar-refractivity contribution in [2.45, 2.75) is 6.92 Å². The Hall–Kier alpha value is -1.09. The maximum Gasteiger partial charge on any atom is 0.260 e. The highest BCUT2D eigenvalue weighted by Crippen LogP contribution is 2.58. The number of anilines is 1. The number of hydrogen-bond donors (Lipinski definition) is 0. The van der Waals surface area contributed by atoms with Gasteiger partial charge >= 0.3 is 0 Å². The largest absolute Gasteiger partial charge is 0.340 e. The smallest absolute Gasteiger partial charge is 0.260 e. The number of hydrogen-bond acceptors (Lipinski definition) is 2. The van der Waals surface area contributed by atoms with E-state index in [0.717, 1.165) is 11.1 Å². The molecule has 0 N–H and O–H groups in total. The lowest BCUT2D eigenvalue weighted by atomic mass is 10.3. The third-order valence-corrected chi connectivity index (χ3v) is 6.45. The zero-order valence-electron chi connectivity index (χ0n) is 12.7. The summed E-state index contributed by atoms with van der Waals surface area (Å²) in [4.78, 5) is 1.99. The van der Waals surface area contributed by atoms with Crippen molar-refractivity contribution < 1.29 is 4.57 Å². The van der Waals surface area contributed by atoms with Crippen molar-refractivity contribution in [3.05, 3.63) is 41.8 Å². The standard InChI is InChI=1S/C14H24N3OP/c1-7-14(19(18,15(2)3)16(4)5)17(6)13-11-9-8-10-12-13/h7-12H,1-6H3. The van der Waals surface area contributed by atoms with Crippen LogP contribution < -0.4 is 4.90 Å². The highest BCUT2D eigenvalue weighted by molar-refractivity contribution is 7.63. The highest BCUT2D eigenvalue weighted by atomic mass is 31.2. The fourth-order valence-corrected chi connectivity index (χ4v) is 4.49. The third-order valence-electron chi connectivity index (χ3n) is 3.13. The third kappa shape index (κ3) is 3.08. The lowest BCUT2D eigenvalue weighted by Gasteiger charge is -2.36. The van der Waals surface area contributed by atoms with Gasteiger partial charge in [0.2, 0.25) is 0 Å². The number of nitrogens with zero attached hydrogens (tertiary/aromatic N) is 3. The molecule has 0 unspecified atom stereocenters. The van der Waals surface area contributed by atoms with Crippen LogP contribution in [0.1, 0.15) is 6.92 Å². The molecule has 0 radical (unpaired) electrons. The molecular weight excluding hydrogens is 257 g/mol. The topological polar surface area (TPSA) is 26.8 Å². The molecule has 0 aliphatic carbocycles. The van der Waals surface area contributed by atoms with Gasteiger partial charge in [-0.15, -0.1) is 0 Å². The van der Waals surface area contributed by atoms with Crippen LogP contribution in [-0.4, -0.2) is 44.6 Å². The first-order valence-electron chi connectivity index (χ1n) is 6.27. The van der Waals surface area contributed by atoms with Crippen LogP contribution in [0, 0.1) is 0 Å². The Bertz CT molecular complexity index is 471. The van der Waals surface area contributed by atoms with E-state index in [4.69, 9.17) is 0 Å². The summed E-state index contributed by atoms with van der Waals surface area (Å²) in [6, 6.07) is 9.97. The Morgan fingerprint density at radius 2 is 1.47 bits per heavy atom. The van der Waals surface area contributed by atoms with E-state index in [-0.39, 0.29) is 0 Å². The zero-order chi connectivity index (χ0) is 14.6. The summed E-state index contributed by atoms with van der Waals surface area (Å²) >= 11 is 0. The van der Waals surface area contributed by atoms with Gasteiger partial charge in [0.15, 0.2) is 0 Å². The number of benzene rings is 1. The first-order chi connectivity index (χ1) is 8.85. The Kier molecular flexibility index (Phi) is 5.36. The van der Waals surface area contributed by atoms with E-state index in [2.05, 4.69) is 0 Å². The Balaban J connectivity index is 3.25. The van der Waals surface area contributed by atoms with E-state index < -0.39 is 7.44 Å². The monoisotopic (exact) mass is 281 g/mol. The summed E-state index contributed by atoms with van der Waals surface area (Å²) in [5.74, 6) is 0. The first-order valence-corrected chi connectivity index (χ1v) is 7.88. The molecule has 106 valence electrons. The second-order valence-corrected chi connectivity index (χ2v) is 7.93. The molecule has 0 aliphatic heterocycles. The predicted octanol–water partition coefficient (Wildman–Crippen LogP) is 3.30. The fourth-order valence-electron chi connectivity index (χ4n) is 2.11. The first kappa shape index (κ1) is 16.0. The van der Waals surface area contributed by atoms with Crippen LogP contribution in [0.15, 0.2) is 41.8 Å². The molecule has 0 saturated carbocycles. The summed E-state index contributed by atoms with van der Waals surface area (Å²) in [6.07, 6.45) is 1.92. The summed E-state index contributed by atoms with van der Waals surface area (Å²) in [5, 5.41) is 0. The van der Waals surface area contributed by atoms with Crippen molar-refractivity contribution >= 4 is 13.1 Å². The second-order valence-electron chi connectivity index (χ2n) is 4.78. The molecule has 0 bridgehead atoms. The van der Waals surface area contributed by atoms with Crippen molar-refractivity contribution in [3.63, 3.8) is 0 Å². The van der Waals surface area contributed by atoms with E-state index in [9.17, 15) is 4.57 Å². The van der Waals surface area contributed by atoms with Crippen molar-refractivity contribution in [3.8, 4) is 0 Å². The SMILES string of the molecule is CC=C(N(C)c1ccccc1)P(=O)(N(C)C)N(C)C. The van der Waals surface area contributed by atoms with Crippen LogP contribution in [0.25, 0.3) is 0 Å². The van der Waals surface area contributed by atoms with Gasteiger partial charge in [0.05, 0.1) is 0 Å². The van der Waals surface area contributed by atoms with Gasteiger partial charge in [-0.1, -0.05) is 24.3 Å². The second kappa shape index (κ2) is 6.38. The van der Waals surface area contributed by atoms with Gasteiger partial charge in [0, 0.05) is 12.7 Å². The molecule has 0 saturated heterocycles. The molecule has 4 nitrogen and oxygen atoms in total. The molecule has 0 aromatic heterocycles. The summed E-state index contributed by atoms with van der Waals surface area (Å²) in [5.41, 5.74) is 1.84. The van der Waals surface area contributed by atoms with Gasteiger partial charge in [-0.3, -0.25) is 4.57 Å². The van der Waals surface area contributed by atoms with E-state index >= 15 is 0 Å². The predicted molar refractivity (Wildman–Crippen MR) is 83.6 cm³/mol. The Morgan fingerprint density at radius 3 is 1.84 bits per heavy atom.